The van der Waals surface area contributed by atoms with Gasteiger partial charge in [-0.1, -0.05) is 17.7 Å². The second-order valence-electron chi connectivity index (χ2n) is 4.71. The summed E-state index contributed by atoms with van der Waals surface area (Å²) in [5.41, 5.74) is 1.56. The predicted molar refractivity (Wildman–Crippen MR) is 76.4 cm³/mol. The fourth-order valence-electron chi connectivity index (χ4n) is 1.82. The van der Waals surface area contributed by atoms with Gasteiger partial charge in [0, 0.05) is 5.56 Å². The van der Waals surface area contributed by atoms with Gasteiger partial charge in [0.25, 0.3) is 0 Å². The van der Waals surface area contributed by atoms with Crippen LogP contribution in [0.1, 0.15) is 24.5 Å². The highest BCUT2D eigenvalue weighted by Crippen LogP contribution is 2.24. The molecule has 20 heavy (non-hydrogen) atoms. The average molecular weight is 300 g/mol. The summed E-state index contributed by atoms with van der Waals surface area (Å²) in [6.07, 6.45) is -0.146. The molecule has 0 aliphatic carbocycles. The Morgan fingerprint density at radius 1 is 1.30 bits per heavy atom. The first-order chi connectivity index (χ1) is 9.30. The minimum Gasteiger partial charge on any atom is -0.496 e. The first-order valence-electron chi connectivity index (χ1n) is 6.22. The van der Waals surface area contributed by atoms with E-state index in [9.17, 15) is 13.2 Å². The molecule has 1 unspecified atom stereocenters. The number of hydrogen-bond donors (Lipinski definition) is 0. The van der Waals surface area contributed by atoms with E-state index in [2.05, 4.69) is 4.74 Å². The van der Waals surface area contributed by atoms with Crippen molar-refractivity contribution in [2.24, 2.45) is 0 Å². The van der Waals surface area contributed by atoms with E-state index in [1.807, 2.05) is 13.0 Å². The van der Waals surface area contributed by atoms with E-state index in [1.165, 1.54) is 21.1 Å². The van der Waals surface area contributed by atoms with Crippen molar-refractivity contribution in [3.05, 3.63) is 29.3 Å². The first-order valence-corrected chi connectivity index (χ1v) is 7.93. The van der Waals surface area contributed by atoms with Crippen LogP contribution >= 0.6 is 0 Å². The predicted octanol–water partition coefficient (Wildman–Crippen LogP) is 1.87. The highest BCUT2D eigenvalue weighted by molar-refractivity contribution is 7.91. The average Bonchev–Trinajstić information content (AvgIpc) is 2.38. The van der Waals surface area contributed by atoms with Crippen LogP contribution in [0.2, 0.25) is 0 Å². The maximum Gasteiger partial charge on any atom is 0.306 e. The van der Waals surface area contributed by atoms with Gasteiger partial charge in [0.05, 0.1) is 31.6 Å². The minimum absolute atomic E-state index is 0.146. The van der Waals surface area contributed by atoms with Crippen LogP contribution in [0.25, 0.3) is 0 Å². The van der Waals surface area contributed by atoms with Crippen molar-refractivity contribution in [2.75, 3.05) is 14.2 Å². The zero-order chi connectivity index (χ0) is 15.3. The maximum atomic E-state index is 12.3. The van der Waals surface area contributed by atoms with E-state index in [0.717, 1.165) is 5.56 Å². The summed E-state index contributed by atoms with van der Waals surface area (Å²) in [6.45, 7) is 3.39. The molecule has 0 aliphatic rings. The van der Waals surface area contributed by atoms with Crippen molar-refractivity contribution < 1.29 is 22.7 Å². The summed E-state index contributed by atoms with van der Waals surface area (Å²) < 4.78 is 34.2. The van der Waals surface area contributed by atoms with Crippen LogP contribution in [-0.4, -0.2) is 33.9 Å². The number of benzene rings is 1. The molecule has 0 fully saturated rings. The molecule has 0 saturated heterocycles. The minimum atomic E-state index is -3.45. The standard InChI is InChI=1S/C14H20O5S/c1-10-5-6-13(18-3)12(7-10)9-20(16,17)11(2)8-14(15)19-4/h5-7,11H,8-9H2,1-4H3. The summed E-state index contributed by atoms with van der Waals surface area (Å²) in [5.74, 6) is -0.155. The molecule has 0 bridgehead atoms. The Kier molecular flexibility index (Phi) is 5.56. The third-order valence-electron chi connectivity index (χ3n) is 3.09. The zero-order valence-corrected chi connectivity index (χ0v) is 13.0. The lowest BCUT2D eigenvalue weighted by atomic mass is 10.1. The summed E-state index contributed by atoms with van der Waals surface area (Å²) >= 11 is 0. The molecule has 0 aliphatic heterocycles. The largest absolute Gasteiger partial charge is 0.496 e. The van der Waals surface area contributed by atoms with Gasteiger partial charge in [0.15, 0.2) is 9.84 Å². The van der Waals surface area contributed by atoms with Gasteiger partial charge in [0.2, 0.25) is 0 Å². The van der Waals surface area contributed by atoms with Gasteiger partial charge in [0.1, 0.15) is 5.75 Å². The smallest absolute Gasteiger partial charge is 0.306 e. The molecule has 112 valence electrons. The van der Waals surface area contributed by atoms with E-state index in [-0.39, 0.29) is 12.2 Å². The van der Waals surface area contributed by atoms with Gasteiger partial charge >= 0.3 is 5.97 Å². The number of aryl methyl sites for hydroxylation is 1. The molecule has 1 atom stereocenters. The highest BCUT2D eigenvalue weighted by Gasteiger charge is 2.25. The number of hydrogen-bond acceptors (Lipinski definition) is 5. The second-order valence-corrected chi connectivity index (χ2v) is 7.13. The lowest BCUT2D eigenvalue weighted by Crippen LogP contribution is -2.23. The molecule has 6 heteroatoms. The van der Waals surface area contributed by atoms with Gasteiger partial charge in [-0.3, -0.25) is 4.79 Å². The molecule has 0 radical (unpaired) electrons. The summed E-state index contributed by atoms with van der Waals surface area (Å²) in [4.78, 5) is 11.2. The zero-order valence-electron chi connectivity index (χ0n) is 12.2. The molecule has 0 amide bonds. The summed E-state index contributed by atoms with van der Waals surface area (Å²) in [7, 11) is -0.709. The number of carbonyl (C=O) groups excluding carboxylic acids is 1. The van der Waals surface area contributed by atoms with Crippen molar-refractivity contribution in [2.45, 2.75) is 31.3 Å². The third-order valence-corrected chi connectivity index (χ3v) is 5.19. The van der Waals surface area contributed by atoms with E-state index in [1.54, 1.807) is 12.1 Å². The number of sulfone groups is 1. The number of rotatable bonds is 6. The molecule has 0 heterocycles. The number of methoxy groups -OCH3 is 2. The molecule has 5 nitrogen and oxygen atoms in total. The molecule has 1 aromatic rings. The highest BCUT2D eigenvalue weighted by atomic mass is 32.2. The van der Waals surface area contributed by atoms with Crippen molar-refractivity contribution in [3.8, 4) is 5.75 Å². The Bertz CT molecular complexity index is 577. The molecule has 1 aromatic carbocycles. The Balaban J connectivity index is 2.96. The summed E-state index contributed by atoms with van der Waals surface area (Å²) in [6, 6.07) is 5.37. The lowest BCUT2D eigenvalue weighted by Gasteiger charge is -2.14. The molecule has 0 N–H and O–H groups in total. The van der Waals surface area contributed by atoms with Crippen molar-refractivity contribution >= 4 is 15.8 Å². The van der Waals surface area contributed by atoms with Gasteiger partial charge in [-0.2, -0.15) is 0 Å². The molecule has 0 saturated carbocycles. The number of carbonyl (C=O) groups is 1. The second kappa shape index (κ2) is 6.74. The molecule has 0 aromatic heterocycles. The SMILES string of the molecule is COC(=O)CC(C)S(=O)(=O)Cc1cc(C)ccc1OC. The maximum absolute atomic E-state index is 12.3. The van der Waals surface area contributed by atoms with Crippen molar-refractivity contribution in [1.29, 1.82) is 0 Å². The molecular formula is C14H20O5S. The Hall–Kier alpha value is -1.56. The van der Waals surface area contributed by atoms with Gasteiger partial charge in [-0.05, 0) is 19.9 Å². The number of ether oxygens (including phenoxy) is 2. The Morgan fingerprint density at radius 3 is 2.50 bits per heavy atom. The summed E-state index contributed by atoms with van der Waals surface area (Å²) in [5, 5.41) is -0.792. The normalized spacial score (nSPS) is 12.8. The molecule has 1 rings (SSSR count). The van der Waals surface area contributed by atoms with Gasteiger partial charge in [-0.25, -0.2) is 8.42 Å². The van der Waals surface area contributed by atoms with Crippen molar-refractivity contribution in [3.63, 3.8) is 0 Å². The van der Waals surface area contributed by atoms with Crippen LogP contribution < -0.4 is 4.74 Å². The van der Waals surface area contributed by atoms with Crippen LogP contribution in [0.15, 0.2) is 18.2 Å². The van der Waals surface area contributed by atoms with Crippen LogP contribution in [0.5, 0.6) is 5.75 Å². The van der Waals surface area contributed by atoms with E-state index < -0.39 is 21.1 Å². The van der Waals surface area contributed by atoms with Crippen LogP contribution in [0.3, 0.4) is 0 Å². The lowest BCUT2D eigenvalue weighted by molar-refractivity contribution is -0.140. The van der Waals surface area contributed by atoms with Crippen LogP contribution in [-0.2, 0) is 25.1 Å². The quantitative estimate of drug-likeness (QED) is 0.750. The van der Waals surface area contributed by atoms with Gasteiger partial charge < -0.3 is 9.47 Å². The Labute approximate surface area is 119 Å². The first kappa shape index (κ1) is 16.5. The van der Waals surface area contributed by atoms with E-state index in [0.29, 0.717) is 11.3 Å². The topological polar surface area (TPSA) is 69.7 Å². The van der Waals surface area contributed by atoms with Crippen molar-refractivity contribution in [1.82, 2.24) is 0 Å². The van der Waals surface area contributed by atoms with Gasteiger partial charge in [-0.15, -0.1) is 0 Å². The van der Waals surface area contributed by atoms with Crippen LogP contribution in [0, 0.1) is 6.92 Å². The fourth-order valence-corrected chi connectivity index (χ4v) is 3.16. The third kappa shape index (κ3) is 4.23. The fraction of sp³-hybridized carbons (Fsp3) is 0.500. The van der Waals surface area contributed by atoms with E-state index in [4.69, 9.17) is 4.74 Å². The molecular weight excluding hydrogens is 280 g/mol. The number of esters is 1. The Morgan fingerprint density at radius 2 is 1.95 bits per heavy atom. The monoisotopic (exact) mass is 300 g/mol. The molecule has 0 spiro atoms. The van der Waals surface area contributed by atoms with E-state index >= 15 is 0 Å². The van der Waals surface area contributed by atoms with Crippen LogP contribution in [0.4, 0.5) is 0 Å².